The fraction of sp³-hybridized carbons (Fsp3) is 0.240. The molecule has 8 nitrogen and oxygen atoms in total. The van der Waals surface area contributed by atoms with E-state index in [0.717, 1.165) is 5.56 Å². The Morgan fingerprint density at radius 2 is 1.67 bits per heavy atom. The highest BCUT2D eigenvalue weighted by Crippen LogP contribution is 2.39. The van der Waals surface area contributed by atoms with Crippen molar-refractivity contribution < 1.29 is 23.4 Å². The first-order valence-corrected chi connectivity index (χ1v) is 10.8. The molecular formula is C25H25N3O5. The monoisotopic (exact) mass is 447 g/mol. The Bertz CT molecular complexity index is 1210. The van der Waals surface area contributed by atoms with Crippen LogP contribution in [0.4, 0.5) is 5.69 Å². The second-order valence-corrected chi connectivity index (χ2v) is 6.98. The van der Waals surface area contributed by atoms with E-state index in [4.69, 9.17) is 18.6 Å². The van der Waals surface area contributed by atoms with Crippen LogP contribution in [0.5, 0.6) is 17.2 Å². The van der Waals surface area contributed by atoms with Gasteiger partial charge in [-0.25, -0.2) is 4.98 Å². The maximum Gasteiger partial charge on any atom is 0.255 e. The lowest BCUT2D eigenvalue weighted by molar-refractivity contribution is 0.102. The summed E-state index contributed by atoms with van der Waals surface area (Å²) in [5.41, 5.74) is 2.84. The lowest BCUT2D eigenvalue weighted by Crippen LogP contribution is -2.13. The van der Waals surface area contributed by atoms with Crippen LogP contribution in [0.15, 0.2) is 59.1 Å². The largest absolute Gasteiger partial charge is 0.490 e. The van der Waals surface area contributed by atoms with Gasteiger partial charge in [-0.3, -0.25) is 4.79 Å². The molecule has 0 atom stereocenters. The number of fused-ring (bicyclic) bond motifs is 1. The van der Waals surface area contributed by atoms with Crippen LogP contribution in [-0.2, 0) is 0 Å². The van der Waals surface area contributed by atoms with Crippen LogP contribution >= 0.6 is 0 Å². The molecule has 170 valence electrons. The molecule has 0 saturated carbocycles. The second kappa shape index (κ2) is 10.0. The van der Waals surface area contributed by atoms with Gasteiger partial charge in [0, 0.05) is 23.0 Å². The number of nitrogens with zero attached hydrogens (tertiary/aromatic N) is 2. The lowest BCUT2D eigenvalue weighted by Gasteiger charge is -2.17. The first kappa shape index (κ1) is 22.1. The Morgan fingerprint density at radius 1 is 0.939 bits per heavy atom. The Hall–Kier alpha value is -4.07. The van der Waals surface area contributed by atoms with E-state index < -0.39 is 0 Å². The fourth-order valence-corrected chi connectivity index (χ4v) is 3.35. The summed E-state index contributed by atoms with van der Waals surface area (Å²) in [5.74, 6) is 1.53. The summed E-state index contributed by atoms with van der Waals surface area (Å²) >= 11 is 0. The van der Waals surface area contributed by atoms with Crippen LogP contribution in [0, 0.1) is 0 Å². The molecule has 0 saturated heterocycles. The highest BCUT2D eigenvalue weighted by molar-refractivity contribution is 6.05. The minimum atomic E-state index is -0.309. The average molecular weight is 447 g/mol. The number of aromatic nitrogens is 2. The van der Waals surface area contributed by atoms with E-state index in [0.29, 0.717) is 65.4 Å². The number of anilines is 1. The molecule has 2 aromatic carbocycles. The number of ether oxygens (including phenoxy) is 3. The van der Waals surface area contributed by atoms with Gasteiger partial charge in [-0.1, -0.05) is 6.07 Å². The van der Waals surface area contributed by atoms with Crippen LogP contribution < -0.4 is 19.5 Å². The average Bonchev–Trinajstić information content (AvgIpc) is 3.26. The third-order valence-corrected chi connectivity index (χ3v) is 4.70. The van der Waals surface area contributed by atoms with Crippen molar-refractivity contribution in [2.75, 3.05) is 25.1 Å². The van der Waals surface area contributed by atoms with Gasteiger partial charge < -0.3 is 23.9 Å². The molecule has 1 amide bonds. The van der Waals surface area contributed by atoms with E-state index in [9.17, 15) is 4.79 Å². The SMILES string of the molecule is CCOc1cc(C(=O)Nc2cccc(-c3nc4ncccc4o3)c2)cc(OCC)c1OCC. The molecule has 33 heavy (non-hydrogen) atoms. The molecule has 0 aliphatic rings. The number of pyridine rings is 1. The van der Waals surface area contributed by atoms with E-state index in [1.54, 1.807) is 36.5 Å². The van der Waals surface area contributed by atoms with E-state index in [2.05, 4.69) is 15.3 Å². The highest BCUT2D eigenvalue weighted by atomic mass is 16.5. The Labute approximate surface area is 191 Å². The highest BCUT2D eigenvalue weighted by Gasteiger charge is 2.19. The zero-order valence-corrected chi connectivity index (χ0v) is 18.8. The third kappa shape index (κ3) is 4.90. The summed E-state index contributed by atoms with van der Waals surface area (Å²) in [6, 6.07) is 14.2. The summed E-state index contributed by atoms with van der Waals surface area (Å²) in [4.78, 5) is 21.7. The molecule has 0 spiro atoms. The van der Waals surface area contributed by atoms with E-state index in [-0.39, 0.29) is 5.91 Å². The number of hydrogen-bond acceptors (Lipinski definition) is 7. The first-order valence-electron chi connectivity index (χ1n) is 10.8. The molecule has 0 aliphatic heterocycles. The number of amides is 1. The van der Waals surface area contributed by atoms with Gasteiger partial charge >= 0.3 is 0 Å². The van der Waals surface area contributed by atoms with Gasteiger partial charge in [0.1, 0.15) is 0 Å². The van der Waals surface area contributed by atoms with Crippen LogP contribution in [-0.4, -0.2) is 35.7 Å². The molecular weight excluding hydrogens is 422 g/mol. The van der Waals surface area contributed by atoms with Crippen LogP contribution in [0.3, 0.4) is 0 Å². The van der Waals surface area contributed by atoms with Crippen molar-refractivity contribution in [3.05, 3.63) is 60.3 Å². The lowest BCUT2D eigenvalue weighted by atomic mass is 10.1. The molecule has 4 aromatic rings. The molecule has 1 N–H and O–H groups in total. The third-order valence-electron chi connectivity index (χ3n) is 4.70. The van der Waals surface area contributed by atoms with Gasteiger partial charge in [0.25, 0.3) is 5.91 Å². The Morgan fingerprint density at radius 3 is 2.33 bits per heavy atom. The van der Waals surface area contributed by atoms with Gasteiger partial charge in [0.15, 0.2) is 22.7 Å². The molecule has 0 unspecified atom stereocenters. The van der Waals surface area contributed by atoms with Crippen LogP contribution in [0.1, 0.15) is 31.1 Å². The number of carbonyl (C=O) groups excluding carboxylic acids is 1. The summed E-state index contributed by atoms with van der Waals surface area (Å²) in [6.07, 6.45) is 1.66. The Balaban J connectivity index is 1.62. The van der Waals surface area contributed by atoms with Crippen molar-refractivity contribution >= 4 is 22.8 Å². The minimum absolute atomic E-state index is 0.309. The first-order chi connectivity index (χ1) is 16.1. The predicted octanol–water partition coefficient (Wildman–Crippen LogP) is 5.34. The molecule has 4 rings (SSSR count). The fourth-order valence-electron chi connectivity index (χ4n) is 3.35. The van der Waals surface area contributed by atoms with Crippen LogP contribution in [0.2, 0.25) is 0 Å². The quantitative estimate of drug-likeness (QED) is 0.370. The topological polar surface area (TPSA) is 95.7 Å². The molecule has 0 fully saturated rings. The summed E-state index contributed by atoms with van der Waals surface area (Å²) < 4.78 is 22.9. The van der Waals surface area contributed by atoms with Crippen molar-refractivity contribution in [1.82, 2.24) is 9.97 Å². The maximum atomic E-state index is 13.1. The van der Waals surface area contributed by atoms with Gasteiger partial charge in [-0.2, -0.15) is 4.98 Å². The number of benzene rings is 2. The van der Waals surface area contributed by atoms with Gasteiger partial charge in [-0.15, -0.1) is 0 Å². The summed E-state index contributed by atoms with van der Waals surface area (Å²) in [5, 5.41) is 2.92. The summed E-state index contributed by atoms with van der Waals surface area (Å²) in [7, 11) is 0. The maximum absolute atomic E-state index is 13.1. The van der Waals surface area contributed by atoms with Crippen molar-refractivity contribution in [2.24, 2.45) is 0 Å². The Kier molecular flexibility index (Phi) is 6.73. The number of rotatable bonds is 9. The molecule has 0 bridgehead atoms. The minimum Gasteiger partial charge on any atom is -0.490 e. The number of oxazole rings is 1. The zero-order chi connectivity index (χ0) is 23.2. The van der Waals surface area contributed by atoms with E-state index >= 15 is 0 Å². The van der Waals surface area contributed by atoms with Crippen LogP contribution in [0.25, 0.3) is 22.7 Å². The van der Waals surface area contributed by atoms with Gasteiger partial charge in [-0.05, 0) is 63.2 Å². The van der Waals surface area contributed by atoms with Crippen molar-refractivity contribution in [2.45, 2.75) is 20.8 Å². The van der Waals surface area contributed by atoms with Gasteiger partial charge in [0.05, 0.1) is 19.8 Å². The molecule has 8 heteroatoms. The van der Waals surface area contributed by atoms with Crippen molar-refractivity contribution in [3.63, 3.8) is 0 Å². The predicted molar refractivity (Wildman–Crippen MR) is 125 cm³/mol. The van der Waals surface area contributed by atoms with E-state index in [1.165, 1.54) is 0 Å². The van der Waals surface area contributed by atoms with Gasteiger partial charge in [0.2, 0.25) is 11.6 Å². The smallest absolute Gasteiger partial charge is 0.255 e. The standard InChI is InChI=1S/C25H25N3O5/c1-4-30-20-14-17(15-21(31-5-2)22(20)32-6-3)24(29)27-18-10-7-9-16(13-18)25-28-23-19(33-25)11-8-12-26-23/h7-15H,4-6H2,1-3H3,(H,27,29). The second-order valence-electron chi connectivity index (χ2n) is 6.98. The van der Waals surface area contributed by atoms with Crippen molar-refractivity contribution in [3.8, 4) is 28.7 Å². The molecule has 0 aliphatic carbocycles. The van der Waals surface area contributed by atoms with E-state index in [1.807, 2.05) is 39.0 Å². The molecule has 2 aromatic heterocycles. The number of hydrogen-bond donors (Lipinski definition) is 1. The normalized spacial score (nSPS) is 10.8. The number of carbonyl (C=O) groups is 1. The number of nitrogens with one attached hydrogen (secondary N) is 1. The molecule has 2 heterocycles. The zero-order valence-electron chi connectivity index (χ0n) is 18.8. The van der Waals surface area contributed by atoms with Crippen molar-refractivity contribution in [1.29, 1.82) is 0 Å². The molecule has 0 radical (unpaired) electrons. The summed E-state index contributed by atoms with van der Waals surface area (Å²) in [6.45, 7) is 6.93.